The fourth-order valence-electron chi connectivity index (χ4n) is 9.78. The predicted molar refractivity (Wildman–Crippen MR) is 499 cm³/mol. The van der Waals surface area contributed by atoms with E-state index in [1.54, 1.807) is 22.5 Å². The molecule has 1 aliphatic heterocycles. The smallest absolute Gasteiger partial charge is 0.357 e. The molecule has 1 N–H and O–H groups in total. The Morgan fingerprint density at radius 1 is 0.443 bits per heavy atom. The van der Waals surface area contributed by atoms with Gasteiger partial charge in [0.05, 0.1) is 39.6 Å². The molecule has 4 heterocycles. The molecule has 0 saturated heterocycles. The minimum absolute atomic E-state index is 0.0520. The summed E-state index contributed by atoms with van der Waals surface area (Å²) in [6.45, 7) is 48.6. The number of rotatable bonds is 34. The van der Waals surface area contributed by atoms with Gasteiger partial charge in [0, 0.05) is 21.9 Å². The summed E-state index contributed by atoms with van der Waals surface area (Å²) in [7, 11) is -0.726. The van der Waals surface area contributed by atoms with Crippen LogP contribution in [0.2, 0.25) is 54.4 Å². The van der Waals surface area contributed by atoms with Gasteiger partial charge in [-0.2, -0.15) is 5.26 Å². The van der Waals surface area contributed by atoms with Crippen LogP contribution in [-0.4, -0.2) is 165 Å². The lowest BCUT2D eigenvalue weighted by molar-refractivity contribution is -0.141. The zero-order chi connectivity index (χ0) is 91.2. The van der Waals surface area contributed by atoms with Gasteiger partial charge in [-0.15, -0.1) is 45.8 Å². The van der Waals surface area contributed by atoms with Crippen LogP contribution in [0.1, 0.15) is 209 Å². The number of aliphatic hydroxyl groups is 1. The quantitative estimate of drug-likeness (QED) is 0.0170. The van der Waals surface area contributed by atoms with Crippen molar-refractivity contribution in [2.45, 2.75) is 234 Å². The number of aryl methyl sites for hydroxylation is 5. The molecule has 5 aromatic carbocycles. The van der Waals surface area contributed by atoms with Crippen molar-refractivity contribution in [1.29, 1.82) is 5.26 Å². The molecular weight excluding hydrogens is 1680 g/mol. The molecule has 9 rings (SSSR count). The minimum atomic E-state index is -2.06. The molecule has 1 aliphatic rings. The lowest BCUT2D eigenvalue weighted by atomic mass is 10.2. The van der Waals surface area contributed by atoms with Crippen molar-refractivity contribution in [3.8, 4) is 34.8 Å². The van der Waals surface area contributed by atoms with Crippen LogP contribution in [0.15, 0.2) is 142 Å². The van der Waals surface area contributed by atoms with E-state index in [0.717, 1.165) is 70.7 Å². The van der Waals surface area contributed by atoms with Crippen molar-refractivity contribution in [1.82, 2.24) is 15.0 Å². The Balaban J connectivity index is 0.000000319. The fraction of sp³-hybridized carbons (Fsp3) is 0.500. The van der Waals surface area contributed by atoms with Crippen LogP contribution in [-0.2, 0) is 69.1 Å². The van der Waals surface area contributed by atoms with E-state index in [0.29, 0.717) is 41.2 Å². The first-order chi connectivity index (χ1) is 57.5. The Labute approximate surface area is 744 Å². The van der Waals surface area contributed by atoms with Crippen molar-refractivity contribution in [3.05, 3.63) is 197 Å². The van der Waals surface area contributed by atoms with Crippen molar-refractivity contribution < 1.29 is 85.0 Å². The van der Waals surface area contributed by atoms with Crippen LogP contribution in [0.25, 0.3) is 0 Å². The number of thiazole rings is 3. The maximum atomic E-state index is 11.9. The van der Waals surface area contributed by atoms with Gasteiger partial charge >= 0.3 is 23.9 Å². The Kier molecular flexibility index (Phi) is 44.9. The van der Waals surface area contributed by atoms with Gasteiger partial charge in [-0.3, -0.25) is 9.79 Å². The number of carbonyl (C=O) groups excluding carboxylic acids is 5. The number of nitriles is 1. The maximum Gasteiger partial charge on any atom is 0.357 e. The third-order valence-corrected chi connectivity index (χ3v) is 37.8. The molecule has 23 nitrogen and oxygen atoms in total. The number of aromatic nitrogens is 3. The summed E-state index contributed by atoms with van der Waals surface area (Å²) in [5.74, 6) is 2.23. The topological polar surface area (TPSA) is 291 Å². The second kappa shape index (κ2) is 51.7. The number of benzene rings is 5. The SMILES string of the molecule is CCC.CCc1ccc(OCC(=O)c2nc(C(=O)OC)cs2)cc1.CCc1ccc(OCC(C#N)O[Si](C)(C)C(C)(C)C)cc1.CCc1ccc(OCC(O)c2nc(C(=O)OC)cs2)cc1.CCc1ccc(OCC(O[Si](C)(C)C(C)(C)C)C2=NC(C(=O)OC)CS2)cc1.CCc1ccc(OCC(O[Si](C)(C)C(C)(C)C)c2nc(C(=O)OC)cs2)cc1. The molecule has 668 valence electrons. The van der Waals surface area contributed by atoms with Crippen molar-refractivity contribution in [3.63, 3.8) is 0 Å². The van der Waals surface area contributed by atoms with E-state index in [2.05, 4.69) is 210 Å². The number of nitrogens with zero attached hydrogens (tertiary/aromatic N) is 5. The number of methoxy groups -OCH3 is 4. The average molecular weight is 1810 g/mol. The number of carbonyl (C=O) groups is 5. The van der Waals surface area contributed by atoms with E-state index in [9.17, 15) is 34.3 Å². The fourth-order valence-corrected chi connectivity index (χ4v) is 16.9. The first-order valence-electron chi connectivity index (χ1n) is 41.1. The van der Waals surface area contributed by atoms with Gasteiger partial charge in [0.25, 0.3) is 0 Å². The van der Waals surface area contributed by atoms with Gasteiger partial charge < -0.3 is 61.0 Å². The van der Waals surface area contributed by atoms with Gasteiger partial charge in [0.1, 0.15) is 83.5 Å². The third kappa shape index (κ3) is 35.3. The van der Waals surface area contributed by atoms with Crippen molar-refractivity contribution in [2.24, 2.45) is 4.99 Å². The molecule has 30 heteroatoms. The summed E-state index contributed by atoms with van der Waals surface area (Å²) in [5, 5.41) is 26.5. The van der Waals surface area contributed by atoms with Crippen molar-refractivity contribution in [2.75, 3.05) is 67.2 Å². The highest BCUT2D eigenvalue weighted by molar-refractivity contribution is 8.14. The molecule has 0 spiro atoms. The molecule has 8 aromatic rings. The number of hydrogen-bond acceptors (Lipinski definition) is 27. The van der Waals surface area contributed by atoms with E-state index in [4.69, 9.17) is 46.4 Å². The van der Waals surface area contributed by atoms with Crippen molar-refractivity contribution >= 4 is 105 Å². The minimum Gasteiger partial charge on any atom is -0.490 e. The van der Waals surface area contributed by atoms with Crippen LogP contribution in [0, 0.1) is 11.3 Å². The first-order valence-corrected chi connectivity index (χ1v) is 53.5. The molecule has 122 heavy (non-hydrogen) atoms. The van der Waals surface area contributed by atoms with Crippen LogP contribution < -0.4 is 23.7 Å². The van der Waals surface area contributed by atoms with Crippen LogP contribution >= 0.6 is 45.8 Å². The molecule has 5 atom stereocenters. The molecule has 0 aliphatic carbocycles. The highest BCUT2D eigenvalue weighted by Crippen LogP contribution is 2.42. The highest BCUT2D eigenvalue weighted by atomic mass is 32.2. The molecule has 5 unspecified atom stereocenters. The zero-order valence-electron chi connectivity index (χ0n) is 76.4. The Morgan fingerprint density at radius 2 is 0.762 bits per heavy atom. The molecule has 0 fully saturated rings. The number of esters is 4. The van der Waals surface area contributed by atoms with Crippen LogP contribution in [0.5, 0.6) is 28.7 Å². The van der Waals surface area contributed by atoms with E-state index >= 15 is 0 Å². The number of thioether (sulfide) groups is 1. The number of ether oxygens (including phenoxy) is 9. The van der Waals surface area contributed by atoms with Crippen LogP contribution in [0.4, 0.5) is 0 Å². The average Bonchev–Trinajstić information content (AvgIpc) is 0.985. The van der Waals surface area contributed by atoms with E-state index < -0.39 is 61.1 Å². The van der Waals surface area contributed by atoms with Crippen LogP contribution in [0.3, 0.4) is 0 Å². The van der Waals surface area contributed by atoms with Gasteiger partial charge in [-0.05, 0) is 175 Å². The summed E-state index contributed by atoms with van der Waals surface area (Å²) in [5.41, 5.74) is 6.89. The Morgan fingerprint density at radius 3 is 1.12 bits per heavy atom. The third-order valence-electron chi connectivity index (χ3n) is 20.5. The number of hydrogen-bond donors (Lipinski definition) is 1. The summed E-state index contributed by atoms with van der Waals surface area (Å²) in [6, 6.07) is 41.2. The Hall–Kier alpha value is -8.46. The summed E-state index contributed by atoms with van der Waals surface area (Å²) >= 11 is 5.26. The summed E-state index contributed by atoms with van der Waals surface area (Å²) in [4.78, 5) is 75.2. The molecule has 0 amide bonds. The number of aliphatic hydroxyl groups excluding tert-OH is 1. The summed E-state index contributed by atoms with van der Waals surface area (Å²) < 4.78 is 66.7. The molecule has 0 saturated carbocycles. The molecule has 3 aromatic heterocycles. The lowest BCUT2D eigenvalue weighted by Gasteiger charge is -2.39. The monoisotopic (exact) mass is 1810 g/mol. The number of aliphatic imine (C=N–C) groups is 1. The van der Waals surface area contributed by atoms with E-state index in [1.807, 2.05) is 97.1 Å². The van der Waals surface area contributed by atoms with Gasteiger partial charge in [0.2, 0.25) is 5.78 Å². The standard InChI is InChI=1S/C21H33NO4SSi.C21H31NO4SSi.C17H27NO2Si.C15H17NO4S.C15H15NO4S.C3H8/c2*1-8-15-9-11-16(12-10-15)25-13-18(26-28(6,7)21(2,3)4)19-22-17(14-27-19)20(23)24-5;1-7-14-8-10-15(11-9-14)19-13-16(12-18)20-21(5,6)17(2,3)4;2*1-3-10-4-6-11(7-5-10)20-8-13(17)14-16-12(9-21-14)15(18)19-2;1-3-2/h9-12,17-18H,8,13-14H2,1-7H3;9-12,14,18H,8,13H2,1-7H3;8-11,16H,7,13H2,1-6H3;4-7,9,13,17H,3,8H2,1-2H3;4-7,9H,3,8H2,1-2H3;3H2,1-2H3. The second-order valence-electron chi connectivity index (χ2n) is 32.9. The first kappa shape index (κ1) is 106. The Bertz CT molecular complexity index is 4530. The normalized spacial score (nSPS) is 13.6. The van der Waals surface area contributed by atoms with Gasteiger partial charge in [-0.25, -0.2) is 34.1 Å². The lowest BCUT2D eigenvalue weighted by Crippen LogP contribution is -2.47. The van der Waals surface area contributed by atoms with E-state index in [-0.39, 0.29) is 75.3 Å². The van der Waals surface area contributed by atoms with Gasteiger partial charge in [0.15, 0.2) is 65.8 Å². The zero-order valence-corrected chi connectivity index (χ0v) is 82.7. The largest absolute Gasteiger partial charge is 0.490 e. The highest BCUT2D eigenvalue weighted by Gasteiger charge is 2.44. The maximum absolute atomic E-state index is 11.9. The molecule has 0 bridgehead atoms. The predicted octanol–water partition coefficient (Wildman–Crippen LogP) is 21.7. The van der Waals surface area contributed by atoms with Gasteiger partial charge in [-0.1, -0.05) is 178 Å². The molecular formula is C92H131N5O18S4Si3. The van der Waals surface area contributed by atoms with E-state index in [1.165, 1.54) is 90.7 Å². The second-order valence-corrected chi connectivity index (χ2v) is 50.8. The molecule has 0 radical (unpaired) electrons. The number of ketones is 1. The summed E-state index contributed by atoms with van der Waals surface area (Å²) in [6.07, 6.45) is 4.16. The number of Topliss-reactive ketones (excluding diaryl/α,β-unsaturated/α-hetero) is 1.